The van der Waals surface area contributed by atoms with Crippen molar-refractivity contribution in [2.45, 2.75) is 6.04 Å². The Kier molecular flexibility index (Phi) is 4.67. The van der Waals surface area contributed by atoms with E-state index in [9.17, 15) is 4.79 Å². The van der Waals surface area contributed by atoms with Gasteiger partial charge in [0.25, 0.3) is 0 Å². The maximum Gasteiger partial charge on any atom is 0.244 e. The Bertz CT molecular complexity index is 329. The number of ether oxygens (including phenoxy) is 1. The molecule has 0 radical (unpaired) electrons. The van der Waals surface area contributed by atoms with Gasteiger partial charge in [-0.3, -0.25) is 4.79 Å². The summed E-state index contributed by atoms with van der Waals surface area (Å²) in [5.74, 6) is 0.154. The molecule has 6 heteroatoms. The van der Waals surface area contributed by atoms with Crippen LogP contribution in [0.25, 0.3) is 0 Å². The molecule has 0 saturated carbocycles. The van der Waals surface area contributed by atoms with Crippen LogP contribution < -0.4 is 11.1 Å². The van der Waals surface area contributed by atoms with Gasteiger partial charge in [-0.2, -0.15) is 0 Å². The Morgan fingerprint density at radius 2 is 2.47 bits per heavy atom. The Balaban J connectivity index is 2.54. The molecule has 0 aliphatic carbocycles. The molecule has 1 heterocycles. The number of nitrogens with two attached hydrogens (primary N) is 1. The summed E-state index contributed by atoms with van der Waals surface area (Å²) in [6, 6.07) is 2.78. The fourth-order valence-corrected chi connectivity index (χ4v) is 1.16. The van der Waals surface area contributed by atoms with Gasteiger partial charge in [0.1, 0.15) is 11.9 Å². The first-order chi connectivity index (χ1) is 7.13. The Morgan fingerprint density at radius 1 is 1.73 bits per heavy atom. The summed E-state index contributed by atoms with van der Waals surface area (Å²) in [5, 5.41) is 2.58. The molecule has 0 aliphatic rings. The highest BCUT2D eigenvalue weighted by Gasteiger charge is 2.13. The van der Waals surface area contributed by atoms with E-state index >= 15 is 0 Å². The zero-order valence-electron chi connectivity index (χ0n) is 8.24. The van der Waals surface area contributed by atoms with E-state index in [4.69, 9.17) is 10.5 Å². The molecule has 15 heavy (non-hydrogen) atoms. The van der Waals surface area contributed by atoms with Gasteiger partial charge < -0.3 is 15.8 Å². The second-order valence-electron chi connectivity index (χ2n) is 2.91. The lowest BCUT2D eigenvalue weighted by atomic mass is 10.3. The van der Waals surface area contributed by atoms with Crippen molar-refractivity contribution in [3.8, 4) is 0 Å². The predicted octanol–water partition coefficient (Wildman–Crippen LogP) is 0.756. The van der Waals surface area contributed by atoms with Gasteiger partial charge in [-0.1, -0.05) is 0 Å². The molecule has 1 aromatic rings. The van der Waals surface area contributed by atoms with Crippen LogP contribution in [0.1, 0.15) is 0 Å². The molecule has 0 bridgehead atoms. The van der Waals surface area contributed by atoms with E-state index in [1.165, 1.54) is 7.11 Å². The Labute approximate surface area is 96.1 Å². The number of hydrogen-bond acceptors (Lipinski definition) is 4. The number of pyridine rings is 1. The Hall–Kier alpha value is -0.980. The topological polar surface area (TPSA) is 77.2 Å². The van der Waals surface area contributed by atoms with Gasteiger partial charge in [0.15, 0.2) is 0 Å². The molecule has 1 rings (SSSR count). The molecule has 0 saturated heterocycles. The monoisotopic (exact) mass is 273 g/mol. The molecule has 1 amide bonds. The number of nitrogens with one attached hydrogen (secondary N) is 1. The van der Waals surface area contributed by atoms with Gasteiger partial charge in [0.2, 0.25) is 5.91 Å². The van der Waals surface area contributed by atoms with E-state index in [0.717, 1.165) is 4.47 Å². The number of methoxy groups -OCH3 is 1. The zero-order chi connectivity index (χ0) is 11.3. The molecule has 3 N–H and O–H groups in total. The van der Waals surface area contributed by atoms with Crippen LogP contribution in [-0.2, 0) is 9.53 Å². The zero-order valence-corrected chi connectivity index (χ0v) is 9.82. The summed E-state index contributed by atoms with van der Waals surface area (Å²) >= 11 is 3.25. The van der Waals surface area contributed by atoms with Crippen molar-refractivity contribution in [1.29, 1.82) is 0 Å². The normalized spacial score (nSPS) is 12.2. The lowest BCUT2D eigenvalue weighted by molar-refractivity contribution is -0.118. The molecule has 0 spiro atoms. The Morgan fingerprint density at radius 3 is 3.00 bits per heavy atom. The number of halogens is 1. The summed E-state index contributed by atoms with van der Waals surface area (Å²) in [5.41, 5.74) is 5.53. The van der Waals surface area contributed by atoms with Crippen molar-refractivity contribution in [2.75, 3.05) is 19.0 Å². The minimum absolute atomic E-state index is 0.183. The van der Waals surface area contributed by atoms with Crippen LogP contribution in [0, 0.1) is 0 Å². The van der Waals surface area contributed by atoms with Crippen LogP contribution in [0.3, 0.4) is 0 Å². The first kappa shape index (κ1) is 12.1. The van der Waals surface area contributed by atoms with E-state index in [2.05, 4.69) is 26.2 Å². The van der Waals surface area contributed by atoms with Gasteiger partial charge in [-0.05, 0) is 28.1 Å². The van der Waals surface area contributed by atoms with E-state index < -0.39 is 6.04 Å². The maximum atomic E-state index is 11.4. The summed E-state index contributed by atoms with van der Waals surface area (Å²) < 4.78 is 5.62. The van der Waals surface area contributed by atoms with Crippen LogP contribution in [-0.4, -0.2) is 30.6 Å². The molecule has 82 valence electrons. The van der Waals surface area contributed by atoms with Crippen LogP contribution in [0.15, 0.2) is 22.8 Å². The number of carbonyl (C=O) groups excluding carboxylic acids is 1. The standard InChI is InChI=1S/C9H12BrN3O2/c1-15-5-7(11)9(14)13-8-3-2-6(10)4-12-8/h2-4,7H,5,11H2,1H3,(H,12,13,14). The number of rotatable bonds is 4. The number of nitrogens with zero attached hydrogens (tertiary/aromatic N) is 1. The van der Waals surface area contributed by atoms with Crippen LogP contribution in [0.4, 0.5) is 5.82 Å². The summed E-state index contributed by atoms with van der Waals surface area (Å²) in [6.07, 6.45) is 1.59. The summed E-state index contributed by atoms with van der Waals surface area (Å²) in [6.45, 7) is 0.183. The van der Waals surface area contributed by atoms with Crippen molar-refractivity contribution in [3.63, 3.8) is 0 Å². The largest absolute Gasteiger partial charge is 0.383 e. The van der Waals surface area contributed by atoms with Crippen LogP contribution >= 0.6 is 15.9 Å². The fraction of sp³-hybridized carbons (Fsp3) is 0.333. The maximum absolute atomic E-state index is 11.4. The minimum Gasteiger partial charge on any atom is -0.383 e. The molecule has 0 aromatic carbocycles. The SMILES string of the molecule is COCC(N)C(=O)Nc1ccc(Br)cn1. The number of amides is 1. The number of aromatic nitrogens is 1. The third-order valence-corrected chi connectivity index (χ3v) is 2.13. The first-order valence-corrected chi connectivity index (χ1v) is 5.09. The van der Waals surface area contributed by atoms with Gasteiger partial charge in [-0.15, -0.1) is 0 Å². The average molecular weight is 274 g/mol. The highest BCUT2D eigenvalue weighted by molar-refractivity contribution is 9.10. The van der Waals surface area contributed by atoms with E-state index in [1.807, 2.05) is 0 Å². The molecule has 0 aliphatic heterocycles. The van der Waals surface area contributed by atoms with Crippen molar-refractivity contribution >= 4 is 27.7 Å². The molecule has 1 aromatic heterocycles. The summed E-state index contributed by atoms with van der Waals surface area (Å²) in [4.78, 5) is 15.4. The van der Waals surface area contributed by atoms with Crippen molar-refractivity contribution in [3.05, 3.63) is 22.8 Å². The third-order valence-electron chi connectivity index (χ3n) is 1.66. The smallest absolute Gasteiger partial charge is 0.244 e. The second-order valence-corrected chi connectivity index (χ2v) is 3.83. The average Bonchev–Trinajstić information content (AvgIpc) is 2.22. The summed E-state index contributed by atoms with van der Waals surface area (Å²) in [7, 11) is 1.49. The molecular formula is C9H12BrN3O2. The van der Waals surface area contributed by atoms with E-state index in [-0.39, 0.29) is 12.5 Å². The highest BCUT2D eigenvalue weighted by Crippen LogP contribution is 2.10. The van der Waals surface area contributed by atoms with Gasteiger partial charge in [0, 0.05) is 17.8 Å². The predicted molar refractivity (Wildman–Crippen MR) is 60.4 cm³/mol. The fourth-order valence-electron chi connectivity index (χ4n) is 0.924. The quantitative estimate of drug-likeness (QED) is 0.849. The second kappa shape index (κ2) is 5.79. The van der Waals surface area contributed by atoms with Crippen molar-refractivity contribution in [1.82, 2.24) is 4.98 Å². The van der Waals surface area contributed by atoms with Crippen molar-refractivity contribution < 1.29 is 9.53 Å². The van der Waals surface area contributed by atoms with Gasteiger partial charge >= 0.3 is 0 Å². The van der Waals surface area contributed by atoms with Crippen LogP contribution in [0.5, 0.6) is 0 Å². The van der Waals surface area contributed by atoms with Gasteiger partial charge in [-0.25, -0.2) is 4.98 Å². The number of carbonyl (C=O) groups is 1. The number of anilines is 1. The van der Waals surface area contributed by atoms with Crippen LogP contribution in [0.2, 0.25) is 0 Å². The lowest BCUT2D eigenvalue weighted by Crippen LogP contribution is -2.39. The highest BCUT2D eigenvalue weighted by atomic mass is 79.9. The van der Waals surface area contributed by atoms with E-state index in [1.54, 1.807) is 18.3 Å². The number of hydrogen-bond donors (Lipinski definition) is 2. The molecule has 0 fully saturated rings. The third kappa shape index (κ3) is 3.94. The first-order valence-electron chi connectivity index (χ1n) is 4.30. The molecule has 5 nitrogen and oxygen atoms in total. The molecular weight excluding hydrogens is 262 g/mol. The van der Waals surface area contributed by atoms with E-state index in [0.29, 0.717) is 5.82 Å². The van der Waals surface area contributed by atoms with Crippen molar-refractivity contribution in [2.24, 2.45) is 5.73 Å². The van der Waals surface area contributed by atoms with Gasteiger partial charge in [0.05, 0.1) is 6.61 Å². The lowest BCUT2D eigenvalue weighted by Gasteiger charge is -2.10. The molecule has 1 atom stereocenters. The molecule has 1 unspecified atom stereocenters. The minimum atomic E-state index is -0.680.